The van der Waals surface area contributed by atoms with Crippen LogP contribution in [0.1, 0.15) is 0 Å². The summed E-state index contributed by atoms with van der Waals surface area (Å²) in [4.78, 5) is 9.99. The largest absolute Gasteiger partial charge is 0.269 e. The number of hydrogen-bond acceptors (Lipinski definition) is 4. The van der Waals surface area contributed by atoms with Crippen LogP contribution >= 0.6 is 0 Å². The summed E-state index contributed by atoms with van der Waals surface area (Å²) in [6.07, 6.45) is 0. The molecule has 0 fully saturated rings. The number of nitro benzene ring substituents is 1. The van der Waals surface area contributed by atoms with Crippen molar-refractivity contribution in [3.05, 3.63) is 64.7 Å². The van der Waals surface area contributed by atoms with Gasteiger partial charge in [0.25, 0.3) is 5.69 Å². The fourth-order valence-electron chi connectivity index (χ4n) is 1.20. The van der Waals surface area contributed by atoms with E-state index < -0.39 is 4.92 Å². The second-order valence-electron chi connectivity index (χ2n) is 3.22. The van der Waals surface area contributed by atoms with Crippen molar-refractivity contribution in [3.8, 4) is 0 Å². The first-order valence-electron chi connectivity index (χ1n) is 4.88. The molecule has 0 saturated heterocycles. The summed E-state index contributed by atoms with van der Waals surface area (Å²) in [5.41, 5.74) is 1.22. The molecule has 2 rings (SSSR count). The maximum Gasteiger partial charge on any atom is 0.269 e. The maximum atomic E-state index is 10.4. The average molecular weight is 226 g/mol. The lowest BCUT2D eigenvalue weighted by Crippen LogP contribution is -1.85. The second kappa shape index (κ2) is 4.98. The molecule has 17 heavy (non-hydrogen) atoms. The molecule has 2 aromatic carbocycles. The number of nitrogens with zero attached hydrogens (tertiary/aromatic N) is 3. The van der Waals surface area contributed by atoms with Gasteiger partial charge in [0.05, 0.1) is 16.3 Å². The minimum Gasteiger partial charge on any atom is -0.258 e. The zero-order chi connectivity index (χ0) is 12.1. The number of nitro groups is 1. The van der Waals surface area contributed by atoms with E-state index in [0.29, 0.717) is 11.4 Å². The lowest BCUT2D eigenvalue weighted by atomic mass is 10.3. The molecule has 1 radical (unpaired) electrons. The molecule has 0 aliphatic carbocycles. The molecule has 5 nitrogen and oxygen atoms in total. The van der Waals surface area contributed by atoms with Gasteiger partial charge in [-0.2, -0.15) is 5.11 Å². The van der Waals surface area contributed by atoms with Crippen LogP contribution in [0.25, 0.3) is 0 Å². The van der Waals surface area contributed by atoms with Gasteiger partial charge >= 0.3 is 0 Å². The van der Waals surface area contributed by atoms with Gasteiger partial charge in [-0.25, -0.2) is 0 Å². The molecule has 0 amide bonds. The quantitative estimate of drug-likeness (QED) is 0.453. The fraction of sp³-hybridized carbons (Fsp3) is 0. The summed E-state index contributed by atoms with van der Waals surface area (Å²) in [7, 11) is 0. The Kier molecular flexibility index (Phi) is 3.20. The molecule has 0 bridgehead atoms. The summed E-state index contributed by atoms with van der Waals surface area (Å²) in [5.74, 6) is 0. The van der Waals surface area contributed by atoms with Gasteiger partial charge in [0.2, 0.25) is 0 Å². The highest BCUT2D eigenvalue weighted by Crippen LogP contribution is 2.20. The molecule has 0 unspecified atom stereocenters. The molecule has 2 aromatic rings. The molecule has 0 atom stereocenters. The second-order valence-corrected chi connectivity index (χ2v) is 3.22. The van der Waals surface area contributed by atoms with Crippen LogP contribution < -0.4 is 0 Å². The third kappa shape index (κ3) is 2.94. The molecule has 0 aromatic heterocycles. The van der Waals surface area contributed by atoms with Gasteiger partial charge in [0.15, 0.2) is 0 Å². The Bertz CT molecular complexity index is 535. The van der Waals surface area contributed by atoms with Gasteiger partial charge in [-0.15, -0.1) is 5.11 Å². The van der Waals surface area contributed by atoms with Crippen LogP contribution in [0.15, 0.2) is 58.8 Å². The Morgan fingerprint density at radius 1 is 1.06 bits per heavy atom. The van der Waals surface area contributed by atoms with E-state index in [-0.39, 0.29) is 5.69 Å². The third-order valence-electron chi connectivity index (χ3n) is 2.03. The van der Waals surface area contributed by atoms with Gasteiger partial charge in [-0.1, -0.05) is 18.2 Å². The van der Waals surface area contributed by atoms with E-state index in [1.165, 1.54) is 12.1 Å². The van der Waals surface area contributed by atoms with Crippen molar-refractivity contribution in [1.82, 2.24) is 0 Å². The standard InChI is InChI=1S/C12H8N3O2/c16-15(17)12-8-6-11(7-9-12)14-13-10-4-2-1-3-5-10/h1-4,6-9H. The SMILES string of the molecule is O=[N+]([O-])c1ccc(N=Nc2[c]cccc2)cc1. The van der Waals surface area contributed by atoms with Crippen LogP contribution in [0.3, 0.4) is 0 Å². The molecule has 83 valence electrons. The lowest BCUT2D eigenvalue weighted by molar-refractivity contribution is -0.384. The van der Waals surface area contributed by atoms with Gasteiger partial charge in [0, 0.05) is 18.2 Å². The molecule has 0 spiro atoms. The molecular weight excluding hydrogens is 218 g/mol. The highest BCUT2D eigenvalue weighted by Gasteiger charge is 2.02. The highest BCUT2D eigenvalue weighted by molar-refractivity contribution is 5.44. The van der Waals surface area contributed by atoms with E-state index in [9.17, 15) is 10.1 Å². The van der Waals surface area contributed by atoms with Crippen LogP contribution in [-0.4, -0.2) is 4.92 Å². The van der Waals surface area contributed by atoms with Gasteiger partial charge < -0.3 is 0 Å². The van der Waals surface area contributed by atoms with Crippen molar-refractivity contribution >= 4 is 17.1 Å². The maximum absolute atomic E-state index is 10.4. The Hall–Kier alpha value is -2.56. The molecule has 0 aliphatic heterocycles. The average Bonchev–Trinajstić information content (AvgIpc) is 2.38. The van der Waals surface area contributed by atoms with Crippen LogP contribution in [0.4, 0.5) is 17.1 Å². The number of benzene rings is 2. The topological polar surface area (TPSA) is 67.9 Å². The van der Waals surface area contributed by atoms with Gasteiger partial charge in [-0.05, 0) is 18.2 Å². The minimum atomic E-state index is -0.452. The number of rotatable bonds is 3. The van der Waals surface area contributed by atoms with Crippen LogP contribution in [0.5, 0.6) is 0 Å². The van der Waals surface area contributed by atoms with Gasteiger partial charge in [0.1, 0.15) is 0 Å². The Morgan fingerprint density at radius 3 is 2.41 bits per heavy atom. The summed E-state index contributed by atoms with van der Waals surface area (Å²) >= 11 is 0. The van der Waals surface area contributed by atoms with Crippen LogP contribution in [-0.2, 0) is 0 Å². The van der Waals surface area contributed by atoms with Crippen molar-refractivity contribution in [2.75, 3.05) is 0 Å². The summed E-state index contributed by atoms with van der Waals surface area (Å²) in [6, 6.07) is 16.0. The first-order valence-corrected chi connectivity index (χ1v) is 4.88. The van der Waals surface area contributed by atoms with Crippen LogP contribution in [0, 0.1) is 16.2 Å². The molecule has 0 aliphatic rings. The van der Waals surface area contributed by atoms with Crippen LogP contribution in [0.2, 0.25) is 0 Å². The zero-order valence-corrected chi connectivity index (χ0v) is 8.78. The summed E-state index contributed by atoms with van der Waals surface area (Å²) in [5, 5.41) is 18.3. The number of azo groups is 1. The number of hydrogen-bond donors (Lipinski definition) is 0. The first-order chi connectivity index (χ1) is 8.25. The lowest BCUT2D eigenvalue weighted by Gasteiger charge is -1.93. The predicted molar refractivity (Wildman–Crippen MR) is 62.6 cm³/mol. The zero-order valence-electron chi connectivity index (χ0n) is 8.78. The first kappa shape index (κ1) is 10.9. The molecule has 5 heteroatoms. The van der Waals surface area contributed by atoms with E-state index in [1.54, 1.807) is 24.3 Å². The highest BCUT2D eigenvalue weighted by atomic mass is 16.6. The van der Waals surface area contributed by atoms with Crippen molar-refractivity contribution in [2.24, 2.45) is 10.2 Å². The molecule has 0 N–H and O–H groups in total. The molecular formula is C12H8N3O2. The van der Waals surface area contributed by atoms with Crippen molar-refractivity contribution in [1.29, 1.82) is 0 Å². The fourth-order valence-corrected chi connectivity index (χ4v) is 1.20. The van der Waals surface area contributed by atoms with E-state index in [2.05, 4.69) is 16.3 Å². The number of non-ortho nitro benzene ring substituents is 1. The van der Waals surface area contributed by atoms with E-state index in [4.69, 9.17) is 0 Å². The van der Waals surface area contributed by atoms with E-state index in [1.807, 2.05) is 12.1 Å². The third-order valence-corrected chi connectivity index (χ3v) is 2.03. The molecule has 0 saturated carbocycles. The Morgan fingerprint density at radius 2 is 1.82 bits per heavy atom. The predicted octanol–water partition coefficient (Wildman–Crippen LogP) is 3.81. The summed E-state index contributed by atoms with van der Waals surface area (Å²) in [6.45, 7) is 0. The Balaban J connectivity index is 2.14. The summed E-state index contributed by atoms with van der Waals surface area (Å²) < 4.78 is 0. The van der Waals surface area contributed by atoms with Crippen molar-refractivity contribution in [3.63, 3.8) is 0 Å². The van der Waals surface area contributed by atoms with Crippen molar-refractivity contribution in [2.45, 2.75) is 0 Å². The monoisotopic (exact) mass is 226 g/mol. The van der Waals surface area contributed by atoms with Crippen molar-refractivity contribution < 1.29 is 4.92 Å². The van der Waals surface area contributed by atoms with Gasteiger partial charge in [-0.3, -0.25) is 10.1 Å². The normalized spacial score (nSPS) is 10.6. The minimum absolute atomic E-state index is 0.0372. The smallest absolute Gasteiger partial charge is 0.258 e. The van der Waals surface area contributed by atoms with E-state index in [0.717, 1.165) is 0 Å². The van der Waals surface area contributed by atoms with E-state index >= 15 is 0 Å². The molecule has 0 heterocycles. The Labute approximate surface area is 97.6 Å².